The van der Waals surface area contributed by atoms with Gasteiger partial charge >= 0.3 is 0 Å². The Morgan fingerprint density at radius 3 is 2.52 bits per heavy atom. The Morgan fingerprint density at radius 1 is 1.10 bits per heavy atom. The molecule has 7 heteroatoms. The van der Waals surface area contributed by atoms with Crippen LogP contribution >= 0.6 is 11.6 Å². The molecule has 1 atom stereocenters. The van der Waals surface area contributed by atoms with E-state index in [9.17, 15) is 19.7 Å². The van der Waals surface area contributed by atoms with Crippen LogP contribution in [0.2, 0.25) is 5.02 Å². The van der Waals surface area contributed by atoms with Gasteiger partial charge in [0.1, 0.15) is 0 Å². The summed E-state index contributed by atoms with van der Waals surface area (Å²) in [4.78, 5) is 38.2. The predicted octanol–water partition coefficient (Wildman–Crippen LogP) is 5.08. The number of Topliss-reactive ketones (excluding diaryl/α,β-unsaturated/α-hetero) is 1. The van der Waals surface area contributed by atoms with Gasteiger partial charge in [0.2, 0.25) is 5.91 Å². The monoisotopic (exact) mass is 410 g/mol. The topological polar surface area (TPSA) is 80.5 Å². The third kappa shape index (κ3) is 3.44. The molecular formula is C22H19ClN2O4. The highest BCUT2D eigenvalue weighted by Gasteiger charge is 2.40. The van der Waals surface area contributed by atoms with Gasteiger partial charge in [-0.2, -0.15) is 0 Å². The number of allylic oxidation sites excluding steroid dienone is 2. The maximum Gasteiger partial charge on any atom is 0.271 e. The van der Waals surface area contributed by atoms with E-state index in [0.29, 0.717) is 30.5 Å². The summed E-state index contributed by atoms with van der Waals surface area (Å²) in [5, 5.41) is 11.5. The Morgan fingerprint density at radius 2 is 1.83 bits per heavy atom. The zero-order valence-corrected chi connectivity index (χ0v) is 16.6. The van der Waals surface area contributed by atoms with Crippen molar-refractivity contribution < 1.29 is 14.5 Å². The van der Waals surface area contributed by atoms with Gasteiger partial charge in [-0.1, -0.05) is 41.4 Å². The number of amides is 1. The molecule has 0 spiro atoms. The lowest BCUT2D eigenvalue weighted by Crippen LogP contribution is -2.40. The lowest BCUT2D eigenvalue weighted by molar-refractivity contribution is -0.384. The Balaban J connectivity index is 1.88. The SMILES string of the molecule is Cc1ccc(C2CC(=O)N(c3cc([N+](=O)[O-])ccc3Cl)C3=C2C(=O)CCC3)cc1. The molecule has 1 heterocycles. The lowest BCUT2D eigenvalue weighted by atomic mass is 9.77. The van der Waals surface area contributed by atoms with Crippen LogP contribution in [-0.4, -0.2) is 16.6 Å². The van der Waals surface area contributed by atoms with Crippen molar-refractivity contribution in [2.75, 3.05) is 4.90 Å². The lowest BCUT2D eigenvalue weighted by Gasteiger charge is -2.38. The molecule has 2 aromatic carbocycles. The number of nitro benzene ring substituents is 1. The molecule has 1 unspecified atom stereocenters. The molecule has 0 saturated carbocycles. The number of carbonyl (C=O) groups is 2. The third-order valence-electron chi connectivity index (χ3n) is 5.54. The van der Waals surface area contributed by atoms with Crippen molar-refractivity contribution in [2.24, 2.45) is 0 Å². The minimum Gasteiger partial charge on any atom is -0.294 e. The van der Waals surface area contributed by atoms with E-state index in [4.69, 9.17) is 11.6 Å². The van der Waals surface area contributed by atoms with Crippen molar-refractivity contribution >= 4 is 34.7 Å². The summed E-state index contributed by atoms with van der Waals surface area (Å²) >= 11 is 6.31. The molecule has 0 N–H and O–H groups in total. The van der Waals surface area contributed by atoms with Gasteiger partial charge in [0.15, 0.2) is 5.78 Å². The maximum absolute atomic E-state index is 13.2. The normalized spacial score (nSPS) is 19.4. The average Bonchev–Trinajstić information content (AvgIpc) is 2.69. The summed E-state index contributed by atoms with van der Waals surface area (Å²) in [5.74, 6) is -0.498. The number of ketones is 1. The largest absolute Gasteiger partial charge is 0.294 e. The fourth-order valence-corrected chi connectivity index (χ4v) is 4.34. The van der Waals surface area contributed by atoms with Crippen LogP contribution in [0.4, 0.5) is 11.4 Å². The van der Waals surface area contributed by atoms with Gasteiger partial charge in [0.25, 0.3) is 5.69 Å². The number of benzene rings is 2. The summed E-state index contributed by atoms with van der Waals surface area (Å²) in [6.07, 6.45) is 1.74. The third-order valence-corrected chi connectivity index (χ3v) is 5.86. The molecule has 1 aliphatic carbocycles. The Hall–Kier alpha value is -2.99. The van der Waals surface area contributed by atoms with Crippen LogP contribution in [-0.2, 0) is 9.59 Å². The highest BCUT2D eigenvalue weighted by atomic mass is 35.5. The van der Waals surface area contributed by atoms with E-state index >= 15 is 0 Å². The standard InChI is InChI=1S/C22H19ClN2O4/c1-13-5-7-14(8-6-13)16-12-21(27)24(18-3-2-4-20(26)22(16)18)19-11-15(25(28)29)9-10-17(19)23/h5-11,16H,2-4,12H2,1H3. The van der Waals surface area contributed by atoms with Crippen LogP contribution < -0.4 is 4.90 Å². The number of halogens is 1. The Kier molecular flexibility index (Phi) is 4.96. The molecule has 0 fully saturated rings. The number of nitrogens with zero attached hydrogens (tertiary/aromatic N) is 2. The first-order chi connectivity index (χ1) is 13.9. The van der Waals surface area contributed by atoms with Gasteiger partial charge in [0, 0.05) is 42.2 Å². The first-order valence-electron chi connectivity index (χ1n) is 9.46. The van der Waals surface area contributed by atoms with Crippen molar-refractivity contribution in [3.05, 3.63) is 80.0 Å². The quantitative estimate of drug-likeness (QED) is 0.521. The first kappa shape index (κ1) is 19.3. The molecule has 1 amide bonds. The van der Waals surface area contributed by atoms with Crippen LogP contribution in [0.3, 0.4) is 0 Å². The molecule has 29 heavy (non-hydrogen) atoms. The molecular weight excluding hydrogens is 392 g/mol. The van der Waals surface area contributed by atoms with Gasteiger partial charge in [-0.3, -0.25) is 24.6 Å². The van der Waals surface area contributed by atoms with Crippen molar-refractivity contribution in [3.63, 3.8) is 0 Å². The molecule has 0 radical (unpaired) electrons. The molecule has 1 aliphatic heterocycles. The minimum atomic E-state index is -0.523. The van der Waals surface area contributed by atoms with Gasteiger partial charge < -0.3 is 0 Å². The van der Waals surface area contributed by atoms with Crippen molar-refractivity contribution in [1.29, 1.82) is 0 Å². The zero-order valence-electron chi connectivity index (χ0n) is 15.9. The number of non-ortho nitro benzene ring substituents is 1. The van der Waals surface area contributed by atoms with E-state index in [1.54, 1.807) is 0 Å². The average molecular weight is 411 g/mol. The fraction of sp³-hybridized carbons (Fsp3) is 0.273. The van der Waals surface area contributed by atoms with E-state index < -0.39 is 4.92 Å². The number of carbonyl (C=O) groups excluding carboxylic acids is 2. The Bertz CT molecular complexity index is 1060. The molecule has 4 rings (SSSR count). The highest BCUT2D eigenvalue weighted by molar-refractivity contribution is 6.34. The molecule has 148 valence electrons. The molecule has 6 nitrogen and oxygen atoms in total. The minimum absolute atomic E-state index is 0.0240. The van der Waals surface area contributed by atoms with Crippen molar-refractivity contribution in [1.82, 2.24) is 0 Å². The number of nitro groups is 1. The van der Waals surface area contributed by atoms with Crippen LogP contribution in [0.25, 0.3) is 0 Å². The van der Waals surface area contributed by atoms with Gasteiger partial charge in [-0.25, -0.2) is 0 Å². The second kappa shape index (κ2) is 7.44. The number of aryl methyl sites for hydroxylation is 1. The molecule has 0 aromatic heterocycles. The second-order valence-electron chi connectivity index (χ2n) is 7.43. The van der Waals surface area contributed by atoms with Crippen molar-refractivity contribution in [3.8, 4) is 0 Å². The molecule has 0 bridgehead atoms. The van der Waals surface area contributed by atoms with Crippen LogP contribution in [0.1, 0.15) is 42.7 Å². The van der Waals surface area contributed by atoms with E-state index in [0.717, 1.165) is 11.1 Å². The number of rotatable bonds is 3. The Labute approximate surface area is 172 Å². The first-order valence-corrected chi connectivity index (χ1v) is 9.84. The molecule has 2 aromatic rings. The number of hydrogen-bond acceptors (Lipinski definition) is 4. The van der Waals surface area contributed by atoms with Gasteiger partial charge in [-0.05, 0) is 31.4 Å². The highest BCUT2D eigenvalue weighted by Crippen LogP contribution is 2.45. The van der Waals surface area contributed by atoms with Crippen LogP contribution in [0.15, 0.2) is 53.7 Å². The smallest absolute Gasteiger partial charge is 0.271 e. The van der Waals surface area contributed by atoms with Crippen molar-refractivity contribution in [2.45, 2.75) is 38.5 Å². The van der Waals surface area contributed by atoms with E-state index in [2.05, 4.69) is 0 Å². The number of hydrogen-bond donors (Lipinski definition) is 0. The second-order valence-corrected chi connectivity index (χ2v) is 7.83. The van der Waals surface area contributed by atoms with Crippen LogP contribution in [0.5, 0.6) is 0 Å². The summed E-state index contributed by atoms with van der Waals surface area (Å²) in [6, 6.07) is 11.9. The fourth-order valence-electron chi connectivity index (χ4n) is 4.14. The van der Waals surface area contributed by atoms with E-state index in [1.807, 2.05) is 31.2 Å². The summed E-state index contributed by atoms with van der Waals surface area (Å²) in [5.41, 5.74) is 3.38. The number of anilines is 1. The van der Waals surface area contributed by atoms with Crippen LogP contribution in [0, 0.1) is 17.0 Å². The van der Waals surface area contributed by atoms with Gasteiger partial charge in [0.05, 0.1) is 15.6 Å². The maximum atomic E-state index is 13.2. The zero-order chi connectivity index (χ0) is 20.7. The summed E-state index contributed by atoms with van der Waals surface area (Å²) in [7, 11) is 0. The van der Waals surface area contributed by atoms with E-state index in [-0.39, 0.29) is 40.4 Å². The molecule has 2 aliphatic rings. The summed E-state index contributed by atoms with van der Waals surface area (Å²) < 4.78 is 0. The molecule has 0 saturated heterocycles. The van der Waals surface area contributed by atoms with Gasteiger partial charge in [-0.15, -0.1) is 0 Å². The van der Waals surface area contributed by atoms with E-state index in [1.165, 1.54) is 23.1 Å². The summed E-state index contributed by atoms with van der Waals surface area (Å²) in [6.45, 7) is 1.98. The predicted molar refractivity (Wildman–Crippen MR) is 110 cm³/mol.